The molecule has 0 spiro atoms. The first kappa shape index (κ1) is 21.0. The van der Waals surface area contributed by atoms with Crippen molar-refractivity contribution in [3.63, 3.8) is 0 Å². The Morgan fingerprint density at radius 3 is 2.13 bits per heavy atom. The fourth-order valence-corrected chi connectivity index (χ4v) is 3.14. The molecule has 0 aromatic heterocycles. The molecule has 0 aliphatic heterocycles. The summed E-state index contributed by atoms with van der Waals surface area (Å²) < 4.78 is 0. The minimum Gasteiger partial charge on any atom is -0.343 e. The highest BCUT2D eigenvalue weighted by atomic mass is 16.2. The number of benzene rings is 3. The zero-order valence-corrected chi connectivity index (χ0v) is 17.1. The number of carbonyl (C=O) groups is 3. The third-order valence-corrected chi connectivity index (χ3v) is 4.81. The summed E-state index contributed by atoms with van der Waals surface area (Å²) in [7, 11) is 0. The van der Waals surface area contributed by atoms with Gasteiger partial charge < -0.3 is 10.6 Å². The topological polar surface area (TPSA) is 75.3 Å². The van der Waals surface area contributed by atoms with Gasteiger partial charge in [0.15, 0.2) is 5.78 Å². The van der Waals surface area contributed by atoms with Crippen LogP contribution in [0.25, 0.3) is 0 Å². The molecule has 3 aromatic rings. The van der Waals surface area contributed by atoms with Gasteiger partial charge in [-0.25, -0.2) is 0 Å². The van der Waals surface area contributed by atoms with Crippen molar-refractivity contribution in [1.29, 1.82) is 0 Å². The summed E-state index contributed by atoms with van der Waals surface area (Å²) in [6.45, 7) is 3.76. The molecule has 0 bridgehead atoms. The number of aryl methyl sites for hydroxylation is 2. The number of anilines is 1. The predicted octanol–water partition coefficient (Wildman–Crippen LogP) is 4.16. The van der Waals surface area contributed by atoms with E-state index in [0.29, 0.717) is 11.1 Å². The monoisotopic (exact) mass is 400 g/mol. The van der Waals surface area contributed by atoms with E-state index in [0.717, 1.165) is 23.2 Å². The smallest absolute Gasteiger partial charge is 0.252 e. The number of carbonyl (C=O) groups excluding carboxylic acids is 3. The molecule has 3 rings (SSSR count). The quantitative estimate of drug-likeness (QED) is 0.585. The van der Waals surface area contributed by atoms with E-state index in [4.69, 9.17) is 0 Å². The summed E-state index contributed by atoms with van der Waals surface area (Å²) in [5, 5.41) is 5.43. The molecule has 2 amide bonds. The lowest BCUT2D eigenvalue weighted by Gasteiger charge is -2.12. The van der Waals surface area contributed by atoms with Crippen LogP contribution in [-0.4, -0.2) is 24.1 Å². The van der Waals surface area contributed by atoms with E-state index in [-0.39, 0.29) is 23.8 Å². The van der Waals surface area contributed by atoms with Crippen LogP contribution in [-0.2, 0) is 11.2 Å². The molecule has 0 saturated heterocycles. The first-order valence-electron chi connectivity index (χ1n) is 9.86. The summed E-state index contributed by atoms with van der Waals surface area (Å²) in [4.78, 5) is 37.9. The van der Waals surface area contributed by atoms with E-state index in [1.165, 1.54) is 0 Å². The Balaban J connectivity index is 1.69. The average Bonchev–Trinajstić information content (AvgIpc) is 2.78. The average molecular weight is 400 g/mol. The summed E-state index contributed by atoms with van der Waals surface area (Å²) in [6.07, 6.45) is 0.789. The lowest BCUT2D eigenvalue weighted by molar-refractivity contribution is -0.115. The maximum atomic E-state index is 12.9. The number of hydrogen-bond donors (Lipinski definition) is 2. The van der Waals surface area contributed by atoms with Crippen molar-refractivity contribution < 1.29 is 14.4 Å². The van der Waals surface area contributed by atoms with Gasteiger partial charge in [-0.05, 0) is 31.0 Å². The van der Waals surface area contributed by atoms with Gasteiger partial charge in [0.2, 0.25) is 5.91 Å². The summed E-state index contributed by atoms with van der Waals surface area (Å²) in [6, 6.07) is 21.3. The first-order chi connectivity index (χ1) is 14.5. The highest BCUT2D eigenvalue weighted by molar-refractivity contribution is 6.15. The van der Waals surface area contributed by atoms with Crippen molar-refractivity contribution >= 4 is 23.3 Å². The third-order valence-electron chi connectivity index (χ3n) is 4.81. The van der Waals surface area contributed by atoms with E-state index in [9.17, 15) is 14.4 Å². The van der Waals surface area contributed by atoms with E-state index in [1.54, 1.807) is 36.4 Å². The molecule has 2 N–H and O–H groups in total. The third kappa shape index (κ3) is 5.00. The molecule has 0 radical (unpaired) electrons. The standard InChI is InChI=1S/C25H24N2O3/c1-3-18-8-4-7-11-22(18)27-23(28)16-26-25(30)21-10-6-5-9-20(21)24(29)19-14-12-17(2)13-15-19/h4-15H,3,16H2,1-2H3,(H,26,30)(H,27,28). The molecule has 0 heterocycles. The van der Waals surface area contributed by atoms with Crippen LogP contribution in [0, 0.1) is 6.92 Å². The van der Waals surface area contributed by atoms with Crippen LogP contribution in [0.3, 0.4) is 0 Å². The Kier molecular flexibility index (Phi) is 6.75. The molecule has 5 heteroatoms. The van der Waals surface area contributed by atoms with Gasteiger partial charge in [0.1, 0.15) is 0 Å². The zero-order valence-electron chi connectivity index (χ0n) is 17.1. The van der Waals surface area contributed by atoms with E-state index in [2.05, 4.69) is 10.6 Å². The van der Waals surface area contributed by atoms with Crippen molar-refractivity contribution in [3.8, 4) is 0 Å². The lowest BCUT2D eigenvalue weighted by Crippen LogP contribution is -2.33. The number of rotatable bonds is 7. The van der Waals surface area contributed by atoms with Gasteiger partial charge in [0.25, 0.3) is 5.91 Å². The van der Waals surface area contributed by atoms with Crippen molar-refractivity contribution in [2.24, 2.45) is 0 Å². The minimum atomic E-state index is -0.468. The van der Waals surface area contributed by atoms with Gasteiger partial charge in [0, 0.05) is 16.8 Å². The molecule has 0 saturated carbocycles. The zero-order chi connectivity index (χ0) is 21.5. The number of amides is 2. The van der Waals surface area contributed by atoms with E-state index in [1.807, 2.05) is 50.2 Å². The van der Waals surface area contributed by atoms with E-state index >= 15 is 0 Å². The molecule has 0 aliphatic rings. The van der Waals surface area contributed by atoms with Crippen LogP contribution in [0.15, 0.2) is 72.8 Å². The second kappa shape index (κ2) is 9.65. The second-order valence-electron chi connectivity index (χ2n) is 6.98. The predicted molar refractivity (Wildman–Crippen MR) is 118 cm³/mol. The van der Waals surface area contributed by atoms with Gasteiger partial charge in [-0.3, -0.25) is 14.4 Å². The summed E-state index contributed by atoms with van der Waals surface area (Å²) in [5.74, 6) is -1.03. The number of ketones is 1. The largest absolute Gasteiger partial charge is 0.343 e. The van der Waals surface area contributed by atoms with Crippen molar-refractivity contribution in [2.75, 3.05) is 11.9 Å². The summed E-state index contributed by atoms with van der Waals surface area (Å²) >= 11 is 0. The normalized spacial score (nSPS) is 10.3. The maximum Gasteiger partial charge on any atom is 0.252 e. The first-order valence-corrected chi connectivity index (χ1v) is 9.86. The van der Waals surface area contributed by atoms with E-state index < -0.39 is 5.91 Å². The molecule has 0 atom stereocenters. The Labute approximate surface area is 176 Å². The Morgan fingerprint density at radius 2 is 1.43 bits per heavy atom. The number of nitrogens with one attached hydrogen (secondary N) is 2. The molecule has 0 unspecified atom stereocenters. The Bertz CT molecular complexity index is 1070. The summed E-state index contributed by atoms with van der Waals surface area (Å²) in [5.41, 5.74) is 3.85. The molecular weight excluding hydrogens is 376 g/mol. The molecule has 0 fully saturated rings. The van der Waals surface area contributed by atoms with Crippen LogP contribution in [0.4, 0.5) is 5.69 Å². The molecule has 3 aromatic carbocycles. The minimum absolute atomic E-state index is 0.191. The second-order valence-corrected chi connectivity index (χ2v) is 6.98. The van der Waals surface area contributed by atoms with Crippen LogP contribution in [0.1, 0.15) is 44.3 Å². The van der Waals surface area contributed by atoms with Gasteiger partial charge in [0.05, 0.1) is 12.1 Å². The fraction of sp³-hybridized carbons (Fsp3) is 0.160. The van der Waals surface area contributed by atoms with Gasteiger partial charge in [-0.15, -0.1) is 0 Å². The Morgan fingerprint density at radius 1 is 0.800 bits per heavy atom. The lowest BCUT2D eigenvalue weighted by atomic mass is 9.97. The highest BCUT2D eigenvalue weighted by Gasteiger charge is 2.18. The SMILES string of the molecule is CCc1ccccc1NC(=O)CNC(=O)c1ccccc1C(=O)c1ccc(C)cc1. The maximum absolute atomic E-state index is 12.9. The number of para-hydroxylation sites is 1. The van der Waals surface area contributed by atoms with Crippen molar-refractivity contribution in [3.05, 3.63) is 101 Å². The molecular formula is C25H24N2O3. The van der Waals surface area contributed by atoms with Crippen LogP contribution in [0.2, 0.25) is 0 Å². The fourth-order valence-electron chi connectivity index (χ4n) is 3.14. The molecule has 152 valence electrons. The van der Waals surface area contributed by atoms with Gasteiger partial charge >= 0.3 is 0 Å². The highest BCUT2D eigenvalue weighted by Crippen LogP contribution is 2.16. The molecule has 5 nitrogen and oxygen atoms in total. The van der Waals surface area contributed by atoms with Crippen molar-refractivity contribution in [2.45, 2.75) is 20.3 Å². The molecule has 0 aliphatic carbocycles. The molecule has 30 heavy (non-hydrogen) atoms. The van der Waals surface area contributed by atoms with Crippen LogP contribution < -0.4 is 10.6 Å². The van der Waals surface area contributed by atoms with Gasteiger partial charge in [-0.2, -0.15) is 0 Å². The van der Waals surface area contributed by atoms with Crippen LogP contribution in [0.5, 0.6) is 0 Å². The Hall–Kier alpha value is -3.73. The van der Waals surface area contributed by atoms with Crippen LogP contribution >= 0.6 is 0 Å². The van der Waals surface area contributed by atoms with Gasteiger partial charge in [-0.1, -0.05) is 73.2 Å². The number of hydrogen-bond acceptors (Lipinski definition) is 3. The van der Waals surface area contributed by atoms with Crippen molar-refractivity contribution in [1.82, 2.24) is 5.32 Å².